The van der Waals surface area contributed by atoms with Crippen LogP contribution in [0.15, 0.2) is 0 Å². The maximum atomic E-state index is 14.2. The second-order valence-corrected chi connectivity index (χ2v) is 6.63. The van der Waals surface area contributed by atoms with Gasteiger partial charge in [-0.3, -0.25) is 0 Å². The zero-order chi connectivity index (χ0) is 16.6. The highest BCUT2D eigenvalue weighted by molar-refractivity contribution is 6.67. The molecule has 1 aliphatic heterocycles. The van der Waals surface area contributed by atoms with E-state index in [4.69, 9.17) is 5.26 Å². The molecule has 1 rings (SSSR count). The summed E-state index contributed by atoms with van der Waals surface area (Å²) in [6, 6.07) is 0. The van der Waals surface area contributed by atoms with Gasteiger partial charge in [0, 0.05) is 17.0 Å². The zero-order valence-corrected chi connectivity index (χ0v) is 15.0. The summed E-state index contributed by atoms with van der Waals surface area (Å²) in [6.07, 6.45) is 1.01. The summed E-state index contributed by atoms with van der Waals surface area (Å²) in [7, 11) is 0. The average Bonchev–Trinajstić information content (AvgIpc) is 2.35. The number of nitriles is 1. The first-order valence-corrected chi connectivity index (χ1v) is 7.94. The van der Waals surface area contributed by atoms with Gasteiger partial charge in [-0.15, -0.1) is 0 Å². The van der Waals surface area contributed by atoms with Crippen molar-refractivity contribution in [1.29, 1.82) is 5.26 Å². The molecule has 1 heterocycles. The Kier molecular flexibility index (Phi) is 10.2. The van der Waals surface area contributed by atoms with Crippen LogP contribution in [-0.2, 0) is 0 Å². The molecule has 0 aromatic carbocycles. The Balaban J connectivity index is 0. The minimum Gasteiger partial charge on any atom is -0.304 e. The average molecular weight is 284 g/mol. The number of piperidine rings is 1. The van der Waals surface area contributed by atoms with Gasteiger partial charge in [0.2, 0.25) is 0 Å². The lowest BCUT2D eigenvalue weighted by molar-refractivity contribution is 0.0770. The van der Waals surface area contributed by atoms with E-state index < -0.39 is 11.7 Å². The zero-order valence-electron chi connectivity index (χ0n) is 15.0. The minimum absolute atomic E-state index is 0.0954. The van der Waals surface area contributed by atoms with Gasteiger partial charge in [-0.1, -0.05) is 40.9 Å². The number of nitrogens with zero attached hydrogens (tertiary/aromatic N) is 1. The van der Waals surface area contributed by atoms with Crippen LogP contribution in [0.5, 0.6) is 0 Å². The molecule has 4 heteroatoms. The molecule has 1 N–H and O–H groups in total. The molecule has 0 amide bonds. The maximum absolute atomic E-state index is 14.2. The number of hydrogen-bond donors (Lipinski definition) is 1. The van der Waals surface area contributed by atoms with Crippen molar-refractivity contribution in [2.24, 2.45) is 0 Å². The predicted octanol–water partition coefficient (Wildman–Crippen LogP) is 4.88. The van der Waals surface area contributed by atoms with Gasteiger partial charge in [0.15, 0.2) is 0 Å². The van der Waals surface area contributed by atoms with E-state index >= 15 is 0 Å². The molecule has 118 valence electrons. The van der Waals surface area contributed by atoms with Crippen LogP contribution in [-0.4, -0.2) is 24.0 Å². The molecule has 1 aliphatic rings. The van der Waals surface area contributed by atoms with E-state index in [9.17, 15) is 4.39 Å². The monoisotopic (exact) mass is 284 g/mol. The Morgan fingerprint density at radius 1 is 1.25 bits per heavy atom. The smallest absolute Gasteiger partial charge is 0.270 e. The molecule has 0 aromatic heterocycles. The molecule has 0 radical (unpaired) electrons. The number of alkyl halides is 1. The van der Waals surface area contributed by atoms with Gasteiger partial charge in [0.05, 0.1) is 0 Å². The summed E-state index contributed by atoms with van der Waals surface area (Å²) < 4.78 is 14.2. The third kappa shape index (κ3) is 6.75. The van der Waals surface area contributed by atoms with Crippen LogP contribution in [0.3, 0.4) is 0 Å². The minimum atomic E-state index is -0.958. The van der Waals surface area contributed by atoms with Gasteiger partial charge in [0.1, 0.15) is 6.17 Å². The Morgan fingerprint density at radius 3 is 2.00 bits per heavy atom. The number of halogens is 1. The van der Waals surface area contributed by atoms with Crippen LogP contribution >= 0.6 is 0 Å². The van der Waals surface area contributed by atoms with Crippen molar-refractivity contribution in [3.63, 3.8) is 0 Å². The predicted molar refractivity (Wildman–Crippen MR) is 89.1 cm³/mol. The topological polar surface area (TPSA) is 35.8 Å². The standard InChI is InChI=1S/C11H20BFN2.C3H8.C2H6/c1-10(2)6-8(12(5)7-14)9(13)11(3,4)15-10;1-3-2;1-2/h8-9,15H,6H2,1-5H3;3H2,1-2H3;1-2H3. The Bertz CT molecular complexity index is 297. The molecule has 1 fully saturated rings. The van der Waals surface area contributed by atoms with Crippen molar-refractivity contribution in [3.05, 3.63) is 0 Å². The molecular formula is C16H34BFN2. The van der Waals surface area contributed by atoms with E-state index in [2.05, 4.69) is 39.0 Å². The van der Waals surface area contributed by atoms with E-state index in [0.717, 1.165) is 0 Å². The molecule has 0 aromatic rings. The largest absolute Gasteiger partial charge is 0.304 e. The second kappa shape index (κ2) is 9.39. The van der Waals surface area contributed by atoms with Crippen LogP contribution < -0.4 is 5.32 Å². The molecule has 0 aliphatic carbocycles. The number of nitrogens with one attached hydrogen (secondary N) is 1. The second-order valence-electron chi connectivity index (χ2n) is 6.63. The van der Waals surface area contributed by atoms with Crippen molar-refractivity contribution in [2.45, 2.75) is 98.1 Å². The fourth-order valence-electron chi connectivity index (χ4n) is 2.75. The summed E-state index contributed by atoms with van der Waals surface area (Å²) in [5.74, 6) is 2.01. The van der Waals surface area contributed by atoms with Crippen LogP contribution in [0.25, 0.3) is 0 Å². The number of hydrogen-bond acceptors (Lipinski definition) is 2. The highest BCUT2D eigenvalue weighted by atomic mass is 19.1. The molecule has 20 heavy (non-hydrogen) atoms. The van der Waals surface area contributed by atoms with Crippen molar-refractivity contribution in [2.75, 3.05) is 0 Å². The third-order valence-electron chi connectivity index (χ3n) is 3.32. The maximum Gasteiger partial charge on any atom is 0.270 e. The van der Waals surface area contributed by atoms with Crippen molar-refractivity contribution < 1.29 is 4.39 Å². The lowest BCUT2D eigenvalue weighted by Crippen LogP contribution is -2.64. The van der Waals surface area contributed by atoms with Gasteiger partial charge in [-0.05, 0) is 39.9 Å². The molecule has 1 saturated heterocycles. The van der Waals surface area contributed by atoms with Crippen LogP contribution in [0, 0.1) is 11.2 Å². The molecular weight excluding hydrogens is 250 g/mol. The van der Waals surface area contributed by atoms with E-state index in [1.54, 1.807) is 0 Å². The van der Waals surface area contributed by atoms with E-state index in [1.165, 1.54) is 6.42 Å². The molecule has 0 spiro atoms. The van der Waals surface area contributed by atoms with E-state index in [0.29, 0.717) is 6.42 Å². The van der Waals surface area contributed by atoms with Crippen molar-refractivity contribution >= 4 is 6.71 Å². The Labute approximate surface area is 126 Å². The summed E-state index contributed by atoms with van der Waals surface area (Å²) in [6.45, 7) is 17.7. The van der Waals surface area contributed by atoms with E-state index in [1.807, 2.05) is 34.5 Å². The number of rotatable bonds is 1. The highest BCUT2D eigenvalue weighted by Gasteiger charge is 2.48. The van der Waals surface area contributed by atoms with Crippen molar-refractivity contribution in [1.82, 2.24) is 5.32 Å². The summed E-state index contributed by atoms with van der Waals surface area (Å²) in [4.78, 5) is 0. The van der Waals surface area contributed by atoms with Gasteiger partial charge in [-0.25, -0.2) is 9.65 Å². The first kappa shape index (κ1) is 21.7. The Morgan fingerprint density at radius 2 is 1.65 bits per heavy atom. The van der Waals surface area contributed by atoms with Gasteiger partial charge in [0.25, 0.3) is 6.71 Å². The lowest BCUT2D eigenvalue weighted by Gasteiger charge is -2.49. The van der Waals surface area contributed by atoms with Crippen molar-refractivity contribution in [3.8, 4) is 5.97 Å². The lowest BCUT2D eigenvalue weighted by atomic mass is 9.39. The fraction of sp³-hybridized carbons (Fsp3) is 0.938. The SMILES string of the molecule is CB(C#N)C1CC(C)(C)NC(C)(C)C1F.CC.CCC. The molecule has 2 nitrogen and oxygen atoms in total. The first-order valence-electron chi connectivity index (χ1n) is 7.94. The van der Waals surface area contributed by atoms with Crippen LogP contribution in [0.4, 0.5) is 4.39 Å². The summed E-state index contributed by atoms with van der Waals surface area (Å²) in [5, 5.41) is 12.2. The highest BCUT2D eigenvalue weighted by Crippen LogP contribution is 2.40. The Hall–Kier alpha value is -0.555. The quantitative estimate of drug-likeness (QED) is 0.697. The molecule has 0 saturated carbocycles. The first-order chi connectivity index (χ1) is 9.11. The third-order valence-corrected chi connectivity index (χ3v) is 3.32. The molecule has 0 bridgehead atoms. The summed E-state index contributed by atoms with van der Waals surface area (Å²) >= 11 is 0. The van der Waals surface area contributed by atoms with E-state index in [-0.39, 0.29) is 18.1 Å². The normalized spacial score (nSPS) is 26.1. The fourth-order valence-corrected chi connectivity index (χ4v) is 2.75. The van der Waals surface area contributed by atoms with Crippen LogP contribution in [0.1, 0.15) is 68.2 Å². The van der Waals surface area contributed by atoms with Gasteiger partial charge in [-0.2, -0.15) is 0 Å². The van der Waals surface area contributed by atoms with Gasteiger partial charge >= 0.3 is 0 Å². The summed E-state index contributed by atoms with van der Waals surface area (Å²) in [5.41, 5.74) is -0.639. The van der Waals surface area contributed by atoms with Gasteiger partial charge < -0.3 is 5.32 Å². The molecule has 2 atom stereocenters. The molecule has 2 unspecified atom stereocenters. The van der Waals surface area contributed by atoms with Crippen LogP contribution in [0.2, 0.25) is 12.6 Å².